The number of halogens is 6. The summed E-state index contributed by atoms with van der Waals surface area (Å²) in [5, 5.41) is 1.86. The standard InChI is InChI=1S/C29H17BrCl2F3N3O4S2/c30-13-8-10-14(11-9-13)38-25(40)21-20(15-4-3-6-17(31)22(15)32)24-27(43-23(21)26(38)41)37(28(42)44-24)12-19(39)36-18-7-2-1-5-16(18)29(33,34)35/h1-11,20-21,23H,12H2,(H,36,39)/t20-,21-,23+/m0/s1. The number of aromatic nitrogens is 1. The summed E-state index contributed by atoms with van der Waals surface area (Å²) < 4.78 is 42.4. The van der Waals surface area contributed by atoms with Gasteiger partial charge in [-0.25, -0.2) is 4.90 Å². The summed E-state index contributed by atoms with van der Waals surface area (Å²) in [4.78, 5) is 55.1. The minimum absolute atomic E-state index is 0.145. The Morgan fingerprint density at radius 1 is 0.955 bits per heavy atom. The van der Waals surface area contributed by atoms with Crippen LogP contribution < -0.4 is 15.1 Å². The molecule has 0 radical (unpaired) electrons. The van der Waals surface area contributed by atoms with Crippen LogP contribution in [-0.2, 0) is 27.1 Å². The fraction of sp³-hybridized carbons (Fsp3) is 0.172. The summed E-state index contributed by atoms with van der Waals surface area (Å²) in [6, 6.07) is 16.0. The molecular weight excluding hydrogens is 726 g/mol. The lowest BCUT2D eigenvalue weighted by Gasteiger charge is -2.31. The lowest BCUT2D eigenvalue weighted by Crippen LogP contribution is -2.33. The van der Waals surface area contributed by atoms with Gasteiger partial charge in [-0.15, -0.1) is 0 Å². The molecule has 2 aliphatic heterocycles. The molecule has 15 heteroatoms. The average molecular weight is 743 g/mol. The number of hydrogen-bond donors (Lipinski definition) is 1. The summed E-state index contributed by atoms with van der Waals surface area (Å²) >= 11 is 18.0. The Hall–Kier alpha value is -3.10. The Kier molecular flexibility index (Phi) is 8.20. The third-order valence-corrected chi connectivity index (χ3v) is 11.2. The van der Waals surface area contributed by atoms with Gasteiger partial charge in [0.1, 0.15) is 11.8 Å². The number of rotatable bonds is 5. The van der Waals surface area contributed by atoms with Gasteiger partial charge in [-0.3, -0.25) is 23.7 Å². The molecule has 7 nitrogen and oxygen atoms in total. The number of carbonyl (C=O) groups is 3. The first-order valence-electron chi connectivity index (χ1n) is 12.8. The molecule has 0 aliphatic carbocycles. The van der Waals surface area contributed by atoms with E-state index in [-0.39, 0.29) is 15.1 Å². The molecule has 3 heterocycles. The van der Waals surface area contributed by atoms with Crippen LogP contribution in [0.25, 0.3) is 0 Å². The van der Waals surface area contributed by atoms with E-state index in [0.29, 0.717) is 16.1 Å². The normalized spacial score (nSPS) is 19.6. The van der Waals surface area contributed by atoms with Gasteiger partial charge in [0, 0.05) is 15.3 Å². The number of amides is 3. The monoisotopic (exact) mass is 741 g/mol. The molecule has 3 aromatic carbocycles. The van der Waals surface area contributed by atoms with Crippen LogP contribution in [0.4, 0.5) is 24.5 Å². The van der Waals surface area contributed by atoms with Gasteiger partial charge in [-0.1, -0.05) is 86.5 Å². The molecule has 3 amide bonds. The third kappa shape index (κ3) is 5.38. The van der Waals surface area contributed by atoms with Gasteiger partial charge in [-0.2, -0.15) is 13.2 Å². The van der Waals surface area contributed by atoms with Crippen LogP contribution in [0, 0.1) is 5.92 Å². The average Bonchev–Trinajstić information content (AvgIpc) is 3.41. The zero-order chi connectivity index (χ0) is 31.5. The highest BCUT2D eigenvalue weighted by Crippen LogP contribution is 2.55. The molecule has 1 saturated heterocycles. The molecule has 1 aromatic heterocycles. The van der Waals surface area contributed by atoms with Crippen LogP contribution in [0.3, 0.4) is 0 Å². The zero-order valence-corrected chi connectivity index (χ0v) is 26.6. The number of benzene rings is 3. The van der Waals surface area contributed by atoms with E-state index in [9.17, 15) is 32.3 Å². The number of thioether (sulfide) groups is 1. The second-order valence-electron chi connectivity index (χ2n) is 9.89. The lowest BCUT2D eigenvalue weighted by molar-refractivity contribution is -0.137. The smallest absolute Gasteiger partial charge is 0.324 e. The number of thiazole rings is 1. The molecule has 0 bridgehead atoms. The SMILES string of the molecule is O=C(Cn1c2c(sc1=O)[C@@H](c1cccc(Cl)c1Cl)[C@@H]1C(=O)N(c3ccc(Br)cc3)C(=O)[C@@H]1S2)Nc1ccccc1C(F)(F)F. The predicted octanol–water partition coefficient (Wildman–Crippen LogP) is 7.43. The largest absolute Gasteiger partial charge is 0.418 e. The highest BCUT2D eigenvalue weighted by atomic mass is 79.9. The van der Waals surface area contributed by atoms with Crippen LogP contribution in [0.5, 0.6) is 0 Å². The fourth-order valence-electron chi connectivity index (χ4n) is 5.37. The van der Waals surface area contributed by atoms with Gasteiger partial charge in [0.2, 0.25) is 17.7 Å². The second kappa shape index (κ2) is 11.7. The molecule has 0 spiro atoms. The molecule has 44 heavy (non-hydrogen) atoms. The summed E-state index contributed by atoms with van der Waals surface area (Å²) in [5.74, 6) is -3.72. The van der Waals surface area contributed by atoms with Crippen molar-refractivity contribution in [2.45, 2.75) is 28.9 Å². The van der Waals surface area contributed by atoms with Crippen molar-refractivity contribution in [3.8, 4) is 0 Å². The van der Waals surface area contributed by atoms with E-state index in [2.05, 4.69) is 21.2 Å². The van der Waals surface area contributed by atoms with Crippen LogP contribution in [0.2, 0.25) is 10.0 Å². The fourth-order valence-corrected chi connectivity index (χ4v) is 8.82. The van der Waals surface area contributed by atoms with Gasteiger partial charge in [0.15, 0.2) is 0 Å². The molecular formula is C29H17BrCl2F3N3O4S2. The Labute approximate surface area is 274 Å². The quantitative estimate of drug-likeness (QED) is 0.215. The Morgan fingerprint density at radius 3 is 2.36 bits per heavy atom. The third-order valence-electron chi connectivity index (χ3n) is 7.26. The number of carbonyl (C=O) groups excluding carboxylic acids is 3. The maximum atomic E-state index is 14.0. The van der Waals surface area contributed by atoms with E-state index in [1.807, 2.05) is 0 Å². The van der Waals surface area contributed by atoms with E-state index >= 15 is 0 Å². The maximum Gasteiger partial charge on any atom is 0.418 e. The number of anilines is 2. The highest BCUT2D eigenvalue weighted by Gasteiger charge is 2.57. The van der Waals surface area contributed by atoms with Crippen molar-refractivity contribution in [1.82, 2.24) is 4.57 Å². The summed E-state index contributed by atoms with van der Waals surface area (Å²) in [6.45, 7) is -0.629. The molecule has 4 aromatic rings. The van der Waals surface area contributed by atoms with Gasteiger partial charge >= 0.3 is 11.0 Å². The van der Waals surface area contributed by atoms with Crippen LogP contribution in [-0.4, -0.2) is 27.5 Å². The van der Waals surface area contributed by atoms with E-state index < -0.39 is 63.7 Å². The lowest BCUT2D eigenvalue weighted by atomic mass is 9.83. The van der Waals surface area contributed by atoms with Crippen molar-refractivity contribution in [1.29, 1.82) is 0 Å². The number of imide groups is 1. The van der Waals surface area contributed by atoms with Gasteiger partial charge in [-0.05, 0) is 48.0 Å². The molecule has 1 N–H and O–H groups in total. The maximum absolute atomic E-state index is 14.0. The van der Waals surface area contributed by atoms with E-state index in [1.165, 1.54) is 12.1 Å². The Balaban J connectivity index is 1.42. The number of hydrogen-bond acceptors (Lipinski definition) is 6. The number of para-hydroxylation sites is 1. The first-order chi connectivity index (χ1) is 20.9. The molecule has 0 unspecified atom stereocenters. The van der Waals surface area contributed by atoms with Crippen LogP contribution >= 0.6 is 62.2 Å². The van der Waals surface area contributed by atoms with Gasteiger partial charge in [0.05, 0.1) is 37.9 Å². The second-order valence-corrected chi connectivity index (χ2v) is 13.7. The number of fused-ring (bicyclic) bond motifs is 2. The summed E-state index contributed by atoms with van der Waals surface area (Å²) in [7, 11) is 0. The molecule has 1 fully saturated rings. The van der Waals surface area contributed by atoms with E-state index in [1.54, 1.807) is 42.5 Å². The van der Waals surface area contributed by atoms with Crippen LogP contribution in [0.1, 0.15) is 21.9 Å². The first kappa shape index (κ1) is 30.9. The Bertz CT molecular complexity index is 1900. The van der Waals surface area contributed by atoms with Crippen molar-refractivity contribution in [3.63, 3.8) is 0 Å². The minimum atomic E-state index is -4.72. The zero-order valence-electron chi connectivity index (χ0n) is 21.9. The Morgan fingerprint density at radius 2 is 1.66 bits per heavy atom. The van der Waals surface area contributed by atoms with E-state index in [0.717, 1.165) is 49.2 Å². The number of alkyl halides is 3. The van der Waals surface area contributed by atoms with Gasteiger partial charge in [0.25, 0.3) is 0 Å². The topological polar surface area (TPSA) is 88.5 Å². The van der Waals surface area contributed by atoms with Gasteiger partial charge < -0.3 is 5.32 Å². The minimum Gasteiger partial charge on any atom is -0.324 e. The predicted molar refractivity (Wildman–Crippen MR) is 167 cm³/mol. The van der Waals surface area contributed by atoms with E-state index in [4.69, 9.17) is 23.2 Å². The van der Waals surface area contributed by atoms with Crippen molar-refractivity contribution in [3.05, 3.63) is 107 Å². The molecule has 0 saturated carbocycles. The van der Waals surface area contributed by atoms with Crippen LogP contribution in [0.15, 0.2) is 81.0 Å². The van der Waals surface area contributed by atoms with Crippen molar-refractivity contribution in [2.75, 3.05) is 10.2 Å². The summed E-state index contributed by atoms with van der Waals surface area (Å²) in [6.07, 6.45) is -4.72. The molecule has 6 rings (SSSR count). The highest BCUT2D eigenvalue weighted by molar-refractivity contribution is 9.10. The van der Waals surface area contributed by atoms with Crippen molar-refractivity contribution in [2.24, 2.45) is 5.92 Å². The van der Waals surface area contributed by atoms with Crippen molar-refractivity contribution >= 4 is 91.3 Å². The molecule has 2 aliphatic rings. The number of nitrogens with one attached hydrogen (secondary N) is 1. The van der Waals surface area contributed by atoms with Crippen molar-refractivity contribution < 1.29 is 27.6 Å². The first-order valence-corrected chi connectivity index (χ1v) is 16.0. The molecule has 3 atom stereocenters. The number of nitrogens with zero attached hydrogens (tertiary/aromatic N) is 2. The summed E-state index contributed by atoms with van der Waals surface area (Å²) in [5.41, 5.74) is -0.715. The molecule has 226 valence electrons.